The molecule has 0 bridgehead atoms. The summed E-state index contributed by atoms with van der Waals surface area (Å²) in [6.07, 6.45) is 5.46. The van der Waals surface area contributed by atoms with Crippen molar-refractivity contribution in [3.05, 3.63) is 46.6 Å². The number of rotatable bonds is 0. The number of hydrogen-bond donors (Lipinski definition) is 0. The maximum atomic E-state index is 13.0. The molecular formula is C17H12N2O2S. The van der Waals surface area contributed by atoms with Gasteiger partial charge in [0.05, 0.1) is 16.6 Å². The van der Waals surface area contributed by atoms with Gasteiger partial charge in [0.15, 0.2) is 16.7 Å². The molecule has 5 rings (SSSR count). The number of nitrogens with zero attached hydrogens (tertiary/aromatic N) is 2. The van der Waals surface area contributed by atoms with Crippen molar-refractivity contribution in [1.82, 2.24) is 9.55 Å². The number of aromatic nitrogens is 2. The second-order valence-electron chi connectivity index (χ2n) is 5.72. The molecule has 0 saturated heterocycles. The van der Waals surface area contributed by atoms with E-state index in [-0.39, 0.29) is 11.6 Å². The van der Waals surface area contributed by atoms with Crippen LogP contribution in [0.4, 0.5) is 0 Å². The minimum absolute atomic E-state index is 0.0225. The zero-order valence-corrected chi connectivity index (χ0v) is 12.6. The number of carbonyl (C=O) groups is 2. The van der Waals surface area contributed by atoms with Gasteiger partial charge in [0.1, 0.15) is 0 Å². The zero-order chi connectivity index (χ0) is 14.8. The van der Waals surface area contributed by atoms with Crippen molar-refractivity contribution < 1.29 is 9.59 Å². The van der Waals surface area contributed by atoms with Gasteiger partial charge in [-0.2, -0.15) is 0 Å². The molecule has 0 saturated carbocycles. The Hall–Kier alpha value is -2.14. The summed E-state index contributed by atoms with van der Waals surface area (Å²) in [5, 5.41) is 0.947. The van der Waals surface area contributed by atoms with Crippen molar-refractivity contribution in [2.24, 2.45) is 0 Å². The molecule has 0 amide bonds. The van der Waals surface area contributed by atoms with Crippen molar-refractivity contribution in [2.75, 3.05) is 5.75 Å². The van der Waals surface area contributed by atoms with Crippen LogP contribution in [0.25, 0.3) is 11.0 Å². The maximum absolute atomic E-state index is 13.0. The third kappa shape index (κ3) is 1.42. The number of carbonyl (C=O) groups excluding carboxylic acids is 2. The molecule has 2 heterocycles. The number of allylic oxidation sites excluding steroid dienone is 4. The van der Waals surface area contributed by atoms with Gasteiger partial charge in [0.2, 0.25) is 0 Å². The highest BCUT2D eigenvalue weighted by Crippen LogP contribution is 2.39. The van der Waals surface area contributed by atoms with Crippen molar-refractivity contribution in [3.63, 3.8) is 0 Å². The Morgan fingerprint density at radius 3 is 2.64 bits per heavy atom. The largest absolute Gasteiger partial charge is 0.317 e. The molecule has 0 fully saturated rings. The highest BCUT2D eigenvalue weighted by Gasteiger charge is 2.36. The number of thioether (sulfide) groups is 1. The number of ketones is 2. The second-order valence-corrected chi connectivity index (χ2v) is 6.78. The summed E-state index contributed by atoms with van der Waals surface area (Å²) in [5.74, 6) is 0.923. The lowest BCUT2D eigenvalue weighted by atomic mass is 9.79. The number of fused-ring (bicyclic) bond motifs is 6. The van der Waals surface area contributed by atoms with Gasteiger partial charge in [0, 0.05) is 29.0 Å². The van der Waals surface area contributed by atoms with Gasteiger partial charge in [-0.15, -0.1) is 0 Å². The lowest BCUT2D eigenvalue weighted by molar-refractivity contribution is 0.0972. The standard InChI is InChI=1S/C17H12N2O2S/c20-15-9-3-1-2-4-10(9)16(21)13-11(15)5-6-12-14(13)19-7-8-22-17(19)18-12/h3-6H,1-2,7-8H2. The molecule has 2 aromatic rings. The van der Waals surface area contributed by atoms with Gasteiger partial charge in [-0.3, -0.25) is 9.59 Å². The molecule has 108 valence electrons. The fourth-order valence-corrected chi connectivity index (χ4v) is 4.51. The lowest BCUT2D eigenvalue weighted by Crippen LogP contribution is -2.24. The highest BCUT2D eigenvalue weighted by molar-refractivity contribution is 7.99. The maximum Gasteiger partial charge on any atom is 0.196 e. The summed E-state index contributed by atoms with van der Waals surface area (Å²) in [6, 6.07) is 3.63. The third-order valence-electron chi connectivity index (χ3n) is 4.53. The Bertz CT molecular complexity index is 949. The van der Waals surface area contributed by atoms with Crippen LogP contribution in [0.5, 0.6) is 0 Å². The van der Waals surface area contributed by atoms with Gasteiger partial charge in [0.25, 0.3) is 0 Å². The molecule has 0 radical (unpaired) electrons. The van der Waals surface area contributed by atoms with Gasteiger partial charge in [-0.1, -0.05) is 23.9 Å². The fourth-order valence-electron chi connectivity index (χ4n) is 3.55. The summed E-state index contributed by atoms with van der Waals surface area (Å²) in [5.41, 5.74) is 3.89. The predicted octanol–water partition coefficient (Wildman–Crippen LogP) is 3.17. The molecule has 22 heavy (non-hydrogen) atoms. The Balaban J connectivity index is 1.90. The number of imidazole rings is 1. The Kier molecular flexibility index (Phi) is 2.37. The van der Waals surface area contributed by atoms with E-state index in [1.807, 2.05) is 18.2 Å². The molecule has 4 nitrogen and oxygen atoms in total. The molecule has 1 aromatic heterocycles. The van der Waals surface area contributed by atoms with Crippen LogP contribution >= 0.6 is 11.8 Å². The van der Waals surface area contributed by atoms with Gasteiger partial charge in [-0.05, 0) is 25.0 Å². The molecule has 5 heteroatoms. The first-order valence-corrected chi connectivity index (χ1v) is 8.40. The summed E-state index contributed by atoms with van der Waals surface area (Å²) >= 11 is 1.70. The molecule has 0 unspecified atom stereocenters. The monoisotopic (exact) mass is 308 g/mol. The second kappa shape index (κ2) is 4.20. The molecule has 3 aliphatic rings. The van der Waals surface area contributed by atoms with E-state index in [0.717, 1.165) is 41.3 Å². The third-order valence-corrected chi connectivity index (χ3v) is 5.49. The van der Waals surface area contributed by atoms with Crippen molar-refractivity contribution in [2.45, 2.75) is 24.5 Å². The first kappa shape index (κ1) is 12.4. The summed E-state index contributed by atoms with van der Waals surface area (Å²) in [4.78, 5) is 30.4. The average Bonchev–Trinajstić information content (AvgIpc) is 3.12. The smallest absolute Gasteiger partial charge is 0.196 e. The van der Waals surface area contributed by atoms with Crippen LogP contribution in [0.1, 0.15) is 33.6 Å². The van der Waals surface area contributed by atoms with Crippen LogP contribution < -0.4 is 0 Å². The number of aryl methyl sites for hydroxylation is 1. The van der Waals surface area contributed by atoms with Crippen molar-refractivity contribution >= 4 is 34.4 Å². The highest BCUT2D eigenvalue weighted by atomic mass is 32.2. The molecule has 1 aromatic carbocycles. The van der Waals surface area contributed by atoms with E-state index in [4.69, 9.17) is 0 Å². The van der Waals surface area contributed by atoms with Crippen LogP contribution in [0, 0.1) is 0 Å². The molecule has 1 aliphatic heterocycles. The van der Waals surface area contributed by atoms with E-state index in [1.165, 1.54) is 0 Å². The SMILES string of the molecule is O=C1C2=CCCC=C2C(=O)c2c1ccc1nc3n(c21)CCS3. The van der Waals surface area contributed by atoms with Crippen molar-refractivity contribution in [3.8, 4) is 0 Å². The molecule has 0 atom stereocenters. The fraction of sp³-hybridized carbons (Fsp3) is 0.235. The first-order valence-electron chi connectivity index (χ1n) is 7.42. The van der Waals surface area contributed by atoms with Crippen LogP contribution in [0.15, 0.2) is 40.6 Å². The lowest BCUT2D eigenvalue weighted by Gasteiger charge is -2.22. The number of benzene rings is 1. The van der Waals surface area contributed by atoms with E-state index in [1.54, 1.807) is 17.8 Å². The summed E-state index contributed by atoms with van der Waals surface area (Å²) in [6.45, 7) is 0.843. The van der Waals surface area contributed by atoms with Gasteiger partial charge in [-0.25, -0.2) is 4.98 Å². The first-order chi connectivity index (χ1) is 10.8. The molecular weight excluding hydrogens is 296 g/mol. The van der Waals surface area contributed by atoms with Gasteiger partial charge < -0.3 is 4.57 Å². The van der Waals surface area contributed by atoms with E-state index in [2.05, 4.69) is 9.55 Å². The number of Topliss-reactive ketones (excluding diaryl/α,β-unsaturated/α-hetero) is 2. The van der Waals surface area contributed by atoms with E-state index in [0.29, 0.717) is 22.3 Å². The van der Waals surface area contributed by atoms with Crippen LogP contribution in [-0.4, -0.2) is 26.9 Å². The summed E-state index contributed by atoms with van der Waals surface area (Å²) < 4.78 is 2.09. The Morgan fingerprint density at radius 1 is 1.05 bits per heavy atom. The average molecular weight is 308 g/mol. The summed E-state index contributed by atoms with van der Waals surface area (Å²) in [7, 11) is 0. The Morgan fingerprint density at radius 2 is 1.82 bits per heavy atom. The topological polar surface area (TPSA) is 52.0 Å². The molecule has 0 spiro atoms. The minimum atomic E-state index is -0.0244. The van der Waals surface area contributed by atoms with E-state index in [9.17, 15) is 9.59 Å². The van der Waals surface area contributed by atoms with Crippen LogP contribution in [0.3, 0.4) is 0 Å². The Labute approximate surface area is 130 Å². The van der Waals surface area contributed by atoms with Crippen LogP contribution in [0.2, 0.25) is 0 Å². The predicted molar refractivity (Wildman–Crippen MR) is 84.5 cm³/mol. The quantitative estimate of drug-likeness (QED) is 0.750. The number of hydrogen-bond acceptors (Lipinski definition) is 4. The minimum Gasteiger partial charge on any atom is -0.317 e. The van der Waals surface area contributed by atoms with Crippen LogP contribution in [-0.2, 0) is 6.54 Å². The normalized spacial score (nSPS) is 19.6. The van der Waals surface area contributed by atoms with E-state index < -0.39 is 0 Å². The molecule has 2 aliphatic carbocycles. The molecule has 0 N–H and O–H groups in total. The zero-order valence-electron chi connectivity index (χ0n) is 11.8. The van der Waals surface area contributed by atoms with Gasteiger partial charge >= 0.3 is 0 Å². The van der Waals surface area contributed by atoms with E-state index >= 15 is 0 Å². The van der Waals surface area contributed by atoms with Crippen molar-refractivity contribution in [1.29, 1.82) is 0 Å².